The van der Waals surface area contributed by atoms with Gasteiger partial charge in [0, 0.05) is 74.2 Å². The molecule has 0 spiro atoms. The zero-order valence-corrected chi connectivity index (χ0v) is 25.2. The molecule has 2 aromatic carbocycles. The summed E-state index contributed by atoms with van der Waals surface area (Å²) in [5.74, 6) is 0.916. The molecule has 2 atom stereocenters. The van der Waals surface area contributed by atoms with Crippen molar-refractivity contribution in [3.05, 3.63) is 60.3 Å². The first-order valence-electron chi connectivity index (χ1n) is 14.6. The maximum absolute atomic E-state index is 12.7. The number of sulfone groups is 1. The van der Waals surface area contributed by atoms with Crippen LogP contribution in [0.25, 0.3) is 11.4 Å². The minimum Gasteiger partial charge on any atom is -0.465 e. The van der Waals surface area contributed by atoms with Gasteiger partial charge < -0.3 is 35.2 Å². The molecule has 44 heavy (non-hydrogen) atoms. The maximum Gasteiger partial charge on any atom is 0.407 e. The Labute approximate surface area is 255 Å². The lowest BCUT2D eigenvalue weighted by molar-refractivity contribution is 0.0302. The topological polar surface area (TPSA) is 157 Å². The van der Waals surface area contributed by atoms with Gasteiger partial charge in [-0.05, 0) is 61.4 Å². The summed E-state index contributed by atoms with van der Waals surface area (Å²) in [5, 5.41) is 14.8. The molecule has 3 aromatic rings. The normalized spacial score (nSPS) is 20.0. The monoisotopic (exact) mass is 621 g/mol. The van der Waals surface area contributed by atoms with Gasteiger partial charge in [-0.1, -0.05) is 0 Å². The van der Waals surface area contributed by atoms with Crippen LogP contribution in [0, 0.1) is 0 Å². The number of morpholine rings is 1. The zero-order chi connectivity index (χ0) is 30.8. The van der Waals surface area contributed by atoms with E-state index in [4.69, 9.17) is 14.8 Å². The lowest BCUT2D eigenvalue weighted by Gasteiger charge is -2.34. The van der Waals surface area contributed by atoms with Crippen molar-refractivity contribution in [2.24, 2.45) is 0 Å². The fourth-order valence-electron chi connectivity index (χ4n) is 5.83. The molecule has 3 amide bonds. The molecule has 3 aliphatic heterocycles. The lowest BCUT2D eigenvalue weighted by atomic mass is 10.2. The van der Waals surface area contributed by atoms with Crippen LogP contribution in [-0.2, 0) is 20.3 Å². The van der Waals surface area contributed by atoms with Crippen LogP contribution in [0.2, 0.25) is 0 Å². The van der Waals surface area contributed by atoms with Gasteiger partial charge >= 0.3 is 12.1 Å². The molecule has 3 fully saturated rings. The molecule has 1 aromatic heterocycles. The predicted molar refractivity (Wildman–Crippen MR) is 167 cm³/mol. The number of piperazine rings is 1. The fourth-order valence-corrected chi connectivity index (χ4v) is 6.51. The average molecular weight is 622 g/mol. The summed E-state index contributed by atoms with van der Waals surface area (Å²) < 4.78 is 30.1. The number of urea groups is 1. The number of amides is 3. The highest BCUT2D eigenvalue weighted by molar-refractivity contribution is 7.89. The molecule has 13 nitrogen and oxygen atoms in total. The Morgan fingerprint density at radius 3 is 2.05 bits per heavy atom. The first-order chi connectivity index (χ1) is 21.1. The van der Waals surface area contributed by atoms with Gasteiger partial charge in [0.1, 0.15) is 5.82 Å². The second-order valence-corrected chi connectivity index (χ2v) is 13.6. The first-order valence-corrected chi connectivity index (χ1v) is 16.6. The molecule has 3 N–H and O–H groups in total. The maximum atomic E-state index is 12.7. The zero-order valence-electron chi connectivity index (χ0n) is 24.3. The van der Waals surface area contributed by atoms with Gasteiger partial charge in [0.25, 0.3) is 0 Å². The average Bonchev–Trinajstić information content (AvgIpc) is 3.33. The number of rotatable bonds is 7. The van der Waals surface area contributed by atoms with E-state index in [9.17, 15) is 18.0 Å². The number of carboxylic acid groups (broad SMARTS) is 1. The van der Waals surface area contributed by atoms with Crippen molar-refractivity contribution in [1.29, 1.82) is 0 Å². The summed E-state index contributed by atoms with van der Waals surface area (Å²) >= 11 is 0. The Morgan fingerprint density at radius 1 is 0.886 bits per heavy atom. The van der Waals surface area contributed by atoms with Crippen LogP contribution in [0.15, 0.2) is 54.6 Å². The van der Waals surface area contributed by atoms with Gasteiger partial charge in [-0.3, -0.25) is 0 Å². The molecule has 14 heteroatoms. The van der Waals surface area contributed by atoms with Gasteiger partial charge in [-0.25, -0.2) is 28.0 Å². The Kier molecular flexibility index (Phi) is 8.27. The highest BCUT2D eigenvalue weighted by Gasteiger charge is 2.34. The first kappa shape index (κ1) is 29.6. The van der Waals surface area contributed by atoms with E-state index in [1.807, 2.05) is 12.1 Å². The van der Waals surface area contributed by atoms with Crippen molar-refractivity contribution in [2.75, 3.05) is 66.0 Å². The number of hydrogen-bond donors (Lipinski definition) is 3. The van der Waals surface area contributed by atoms with Gasteiger partial charge in [-0.2, -0.15) is 0 Å². The summed E-state index contributed by atoms with van der Waals surface area (Å²) in [6.45, 7) is 3.52. The number of ether oxygens (including phenoxy) is 1. The number of fused-ring (bicyclic) bond motifs is 2. The summed E-state index contributed by atoms with van der Waals surface area (Å²) in [5.41, 5.74) is 3.28. The number of anilines is 4. The second-order valence-electron chi connectivity index (χ2n) is 11.4. The minimum absolute atomic E-state index is 0.154. The summed E-state index contributed by atoms with van der Waals surface area (Å²) in [6.07, 6.45) is 2.62. The summed E-state index contributed by atoms with van der Waals surface area (Å²) in [6, 6.07) is 15.8. The number of nitrogens with one attached hydrogen (secondary N) is 2. The standard InChI is InChI=1S/C30H35N7O6S/c1-44(41,42)19-23-16-27(37-17-25-10-11-26(18-37)43-25)34-28(31-23)20-2-4-21(5-3-20)32-29(38)33-22-6-8-24(9-7-22)35-12-14-36(15-13-35)30(39)40/h2-9,16,25-26H,10-15,17-19H2,1H3,(H,39,40)(H2,32,33,38). The summed E-state index contributed by atoms with van der Waals surface area (Å²) in [7, 11) is -3.30. The van der Waals surface area contributed by atoms with Crippen molar-refractivity contribution in [3.8, 4) is 11.4 Å². The van der Waals surface area contributed by atoms with E-state index in [0.29, 0.717) is 73.5 Å². The summed E-state index contributed by atoms with van der Waals surface area (Å²) in [4.78, 5) is 38.8. The Bertz CT molecular complexity index is 1610. The molecular formula is C30H35N7O6S. The second kappa shape index (κ2) is 12.3. The van der Waals surface area contributed by atoms with Crippen LogP contribution < -0.4 is 20.4 Å². The van der Waals surface area contributed by atoms with Gasteiger partial charge in [-0.15, -0.1) is 0 Å². The van der Waals surface area contributed by atoms with E-state index in [-0.39, 0.29) is 18.0 Å². The highest BCUT2D eigenvalue weighted by Crippen LogP contribution is 2.30. The van der Waals surface area contributed by atoms with Crippen molar-refractivity contribution in [2.45, 2.75) is 30.8 Å². The van der Waals surface area contributed by atoms with E-state index in [1.54, 1.807) is 42.5 Å². The van der Waals surface area contributed by atoms with Gasteiger partial charge in [0.15, 0.2) is 15.7 Å². The molecule has 3 saturated heterocycles. The van der Waals surface area contributed by atoms with Crippen molar-refractivity contribution < 1.29 is 27.9 Å². The van der Waals surface area contributed by atoms with Crippen LogP contribution >= 0.6 is 0 Å². The van der Waals surface area contributed by atoms with Crippen LogP contribution in [0.4, 0.5) is 32.5 Å². The Balaban J connectivity index is 1.10. The SMILES string of the molecule is CS(=O)(=O)Cc1cc(N2CC3CCC(C2)O3)nc(-c2ccc(NC(=O)Nc3ccc(N4CCN(C(=O)O)CC4)cc3)cc2)n1. The van der Waals surface area contributed by atoms with Crippen LogP contribution in [0.1, 0.15) is 18.5 Å². The number of hydrogen-bond acceptors (Lipinski definition) is 9. The number of carbonyl (C=O) groups is 2. The molecule has 6 rings (SSSR count). The molecule has 0 saturated carbocycles. The minimum atomic E-state index is -3.30. The van der Waals surface area contributed by atoms with Gasteiger partial charge in [0.2, 0.25) is 0 Å². The van der Waals surface area contributed by atoms with Crippen LogP contribution in [0.3, 0.4) is 0 Å². The number of nitrogens with zero attached hydrogens (tertiary/aromatic N) is 5. The molecule has 2 unspecified atom stereocenters. The van der Waals surface area contributed by atoms with E-state index in [2.05, 4.69) is 25.4 Å². The molecular weight excluding hydrogens is 586 g/mol. The highest BCUT2D eigenvalue weighted by atomic mass is 32.2. The van der Waals surface area contributed by atoms with E-state index in [0.717, 1.165) is 18.5 Å². The number of aromatic nitrogens is 2. The van der Waals surface area contributed by atoms with Crippen LogP contribution in [0.5, 0.6) is 0 Å². The molecule has 2 bridgehead atoms. The quantitative estimate of drug-likeness (QED) is 0.357. The molecule has 3 aliphatic rings. The van der Waals surface area contributed by atoms with E-state index in [1.165, 1.54) is 11.2 Å². The van der Waals surface area contributed by atoms with Gasteiger partial charge in [0.05, 0.1) is 23.7 Å². The molecule has 232 valence electrons. The Hall–Kier alpha value is -4.43. The molecule has 0 aliphatic carbocycles. The smallest absolute Gasteiger partial charge is 0.407 e. The molecule has 0 radical (unpaired) electrons. The number of benzene rings is 2. The lowest BCUT2D eigenvalue weighted by Crippen LogP contribution is -2.48. The fraction of sp³-hybridized carbons (Fsp3) is 0.400. The van der Waals surface area contributed by atoms with E-state index >= 15 is 0 Å². The largest absolute Gasteiger partial charge is 0.465 e. The van der Waals surface area contributed by atoms with Crippen molar-refractivity contribution in [3.63, 3.8) is 0 Å². The number of carbonyl (C=O) groups excluding carboxylic acids is 1. The molecule has 4 heterocycles. The van der Waals surface area contributed by atoms with Crippen molar-refractivity contribution >= 4 is 44.8 Å². The third-order valence-corrected chi connectivity index (χ3v) is 8.80. The van der Waals surface area contributed by atoms with Crippen LogP contribution in [-0.4, -0.2) is 98.2 Å². The predicted octanol–water partition coefficient (Wildman–Crippen LogP) is 3.50. The third-order valence-electron chi connectivity index (χ3n) is 7.98. The van der Waals surface area contributed by atoms with Crippen molar-refractivity contribution in [1.82, 2.24) is 14.9 Å². The Morgan fingerprint density at radius 2 is 1.48 bits per heavy atom. The van der Waals surface area contributed by atoms with E-state index < -0.39 is 22.0 Å². The third kappa shape index (κ3) is 7.19.